The number of rotatable bonds is 46. The Balaban J connectivity index is 2.70. The average Bonchev–Trinajstić information content (AvgIpc) is 3.35. The first kappa shape index (κ1) is 65.2. The molecule has 0 aliphatic carbocycles. The maximum Gasteiger partial charge on any atom is 0.335 e. The molecule has 6 atom stereocenters. The molecule has 406 valence electrons. The number of allylic oxidation sites excluding steroid dienone is 12. The number of carboxylic acid groups (broad SMARTS) is 1. The molecule has 12 heteroatoms. The quantitative estimate of drug-likeness (QED) is 0.0228. The van der Waals surface area contributed by atoms with Gasteiger partial charge < -0.3 is 39.0 Å². The smallest absolute Gasteiger partial charge is 0.335 e. The van der Waals surface area contributed by atoms with E-state index in [1.165, 1.54) is 51.4 Å². The summed E-state index contributed by atoms with van der Waals surface area (Å²) in [7, 11) is 0. The van der Waals surface area contributed by atoms with Crippen LogP contribution in [0.1, 0.15) is 226 Å². The minimum Gasteiger partial charge on any atom is -0.479 e. The zero-order valence-electron chi connectivity index (χ0n) is 44.4. The molecule has 0 aromatic heterocycles. The molecule has 1 fully saturated rings. The Hall–Kier alpha value is -3.84. The summed E-state index contributed by atoms with van der Waals surface area (Å²) >= 11 is 0. The van der Waals surface area contributed by atoms with Gasteiger partial charge in [-0.1, -0.05) is 190 Å². The first-order valence-corrected chi connectivity index (χ1v) is 27.9. The molecule has 0 amide bonds. The van der Waals surface area contributed by atoms with Crippen LogP contribution in [0.4, 0.5) is 0 Å². The fourth-order valence-corrected chi connectivity index (χ4v) is 7.98. The molecular formula is C59H98O12. The van der Waals surface area contributed by atoms with Crippen LogP contribution in [0, 0.1) is 0 Å². The SMILES string of the molecule is CC/C=C\C/C=C\C/C=C\C/C=C\CCCCCCC(=O)OC1C(OCC(COC(=O)CCCCCCC/C=C\C/C=C\CCCCC)OC(=O)CCCCCCCCCCC)OC(C(=O)O)C(O)C1O. The maximum absolute atomic E-state index is 13.0. The maximum atomic E-state index is 13.0. The van der Waals surface area contributed by atoms with Gasteiger partial charge in [0.2, 0.25) is 0 Å². The van der Waals surface area contributed by atoms with Crippen molar-refractivity contribution in [2.45, 2.75) is 263 Å². The van der Waals surface area contributed by atoms with E-state index in [0.717, 1.165) is 116 Å². The van der Waals surface area contributed by atoms with E-state index in [9.17, 15) is 34.5 Å². The molecular weight excluding hydrogens is 901 g/mol. The molecule has 0 radical (unpaired) electrons. The molecule has 0 aromatic carbocycles. The van der Waals surface area contributed by atoms with Gasteiger partial charge in [0.1, 0.15) is 18.8 Å². The van der Waals surface area contributed by atoms with Crippen molar-refractivity contribution in [2.24, 2.45) is 0 Å². The molecule has 3 N–H and O–H groups in total. The Morgan fingerprint density at radius 1 is 0.479 bits per heavy atom. The molecule has 1 aliphatic rings. The zero-order chi connectivity index (χ0) is 51.8. The highest BCUT2D eigenvalue weighted by molar-refractivity contribution is 5.74. The van der Waals surface area contributed by atoms with Gasteiger partial charge >= 0.3 is 23.9 Å². The van der Waals surface area contributed by atoms with Crippen LogP contribution < -0.4 is 0 Å². The Morgan fingerprint density at radius 2 is 0.887 bits per heavy atom. The van der Waals surface area contributed by atoms with Gasteiger partial charge in [-0.3, -0.25) is 14.4 Å². The van der Waals surface area contributed by atoms with E-state index in [0.29, 0.717) is 19.3 Å². The number of carbonyl (C=O) groups excluding carboxylic acids is 3. The molecule has 1 saturated heterocycles. The van der Waals surface area contributed by atoms with E-state index < -0.39 is 67.3 Å². The predicted octanol–water partition coefficient (Wildman–Crippen LogP) is 13.8. The summed E-state index contributed by atoms with van der Waals surface area (Å²) in [5, 5.41) is 31.4. The first-order chi connectivity index (χ1) is 34.6. The molecule has 71 heavy (non-hydrogen) atoms. The number of aliphatic hydroxyl groups is 2. The van der Waals surface area contributed by atoms with E-state index in [4.69, 9.17) is 23.7 Å². The van der Waals surface area contributed by atoms with Gasteiger partial charge in [0, 0.05) is 19.3 Å². The molecule has 12 nitrogen and oxygen atoms in total. The van der Waals surface area contributed by atoms with Gasteiger partial charge in [-0.05, 0) is 89.9 Å². The summed E-state index contributed by atoms with van der Waals surface area (Å²) in [6.07, 6.45) is 46.0. The van der Waals surface area contributed by atoms with Gasteiger partial charge in [0.15, 0.2) is 24.6 Å². The number of unbranched alkanes of at least 4 members (excludes halogenated alkanes) is 20. The first-order valence-electron chi connectivity index (χ1n) is 27.9. The van der Waals surface area contributed by atoms with Gasteiger partial charge in [-0.25, -0.2) is 4.79 Å². The number of hydrogen-bond donors (Lipinski definition) is 3. The number of aliphatic carboxylic acids is 1. The van der Waals surface area contributed by atoms with Crippen LogP contribution in [0.5, 0.6) is 0 Å². The van der Waals surface area contributed by atoms with E-state index in [1.54, 1.807) is 0 Å². The lowest BCUT2D eigenvalue weighted by molar-refractivity contribution is -0.301. The van der Waals surface area contributed by atoms with Crippen molar-refractivity contribution in [1.29, 1.82) is 0 Å². The van der Waals surface area contributed by atoms with E-state index in [1.807, 2.05) is 0 Å². The van der Waals surface area contributed by atoms with Crippen molar-refractivity contribution in [3.63, 3.8) is 0 Å². The second-order valence-electron chi connectivity index (χ2n) is 18.8. The molecule has 1 aliphatic heterocycles. The normalized spacial score (nSPS) is 19.0. The van der Waals surface area contributed by atoms with Crippen molar-refractivity contribution < 1.29 is 58.2 Å². The highest BCUT2D eigenvalue weighted by atomic mass is 16.7. The summed E-state index contributed by atoms with van der Waals surface area (Å²) in [5.41, 5.74) is 0. The Kier molecular flexibility index (Phi) is 43.3. The lowest BCUT2D eigenvalue weighted by Crippen LogP contribution is -2.61. The van der Waals surface area contributed by atoms with E-state index in [2.05, 4.69) is 93.7 Å². The van der Waals surface area contributed by atoms with Gasteiger partial charge in [-0.2, -0.15) is 0 Å². The fourth-order valence-electron chi connectivity index (χ4n) is 7.98. The number of hydrogen-bond acceptors (Lipinski definition) is 11. The van der Waals surface area contributed by atoms with Crippen LogP contribution >= 0.6 is 0 Å². The van der Waals surface area contributed by atoms with Gasteiger partial charge in [0.25, 0.3) is 0 Å². The highest BCUT2D eigenvalue weighted by Crippen LogP contribution is 2.26. The van der Waals surface area contributed by atoms with E-state index in [-0.39, 0.29) is 25.9 Å². The summed E-state index contributed by atoms with van der Waals surface area (Å²) < 4.78 is 28.3. The lowest BCUT2D eigenvalue weighted by Gasteiger charge is -2.40. The van der Waals surface area contributed by atoms with Crippen LogP contribution in [-0.2, 0) is 42.9 Å². The van der Waals surface area contributed by atoms with Crippen LogP contribution in [0.2, 0.25) is 0 Å². The molecule has 6 unspecified atom stereocenters. The average molecular weight is 999 g/mol. The zero-order valence-corrected chi connectivity index (χ0v) is 44.4. The van der Waals surface area contributed by atoms with Crippen molar-refractivity contribution in [3.8, 4) is 0 Å². The molecule has 1 rings (SSSR count). The van der Waals surface area contributed by atoms with E-state index >= 15 is 0 Å². The second-order valence-corrected chi connectivity index (χ2v) is 18.8. The third-order valence-electron chi connectivity index (χ3n) is 12.3. The minimum atomic E-state index is -1.91. The van der Waals surface area contributed by atoms with Crippen LogP contribution in [0.15, 0.2) is 72.9 Å². The Labute approximate surface area is 429 Å². The van der Waals surface area contributed by atoms with Gasteiger partial charge in [0.05, 0.1) is 6.61 Å². The largest absolute Gasteiger partial charge is 0.479 e. The fraction of sp³-hybridized carbons (Fsp3) is 0.729. The highest BCUT2D eigenvalue weighted by Gasteiger charge is 2.50. The van der Waals surface area contributed by atoms with Crippen LogP contribution in [0.3, 0.4) is 0 Å². The molecule has 0 spiro atoms. The van der Waals surface area contributed by atoms with Crippen molar-refractivity contribution in [3.05, 3.63) is 72.9 Å². The number of carbonyl (C=O) groups is 4. The summed E-state index contributed by atoms with van der Waals surface area (Å²) in [6.45, 7) is 5.79. The molecule has 0 saturated carbocycles. The monoisotopic (exact) mass is 999 g/mol. The topological polar surface area (TPSA) is 175 Å². The Morgan fingerprint density at radius 3 is 1.38 bits per heavy atom. The number of ether oxygens (including phenoxy) is 5. The van der Waals surface area contributed by atoms with Crippen molar-refractivity contribution in [1.82, 2.24) is 0 Å². The third-order valence-corrected chi connectivity index (χ3v) is 12.3. The van der Waals surface area contributed by atoms with Gasteiger partial charge in [-0.15, -0.1) is 0 Å². The van der Waals surface area contributed by atoms with Crippen molar-refractivity contribution in [2.75, 3.05) is 13.2 Å². The summed E-state index contributed by atoms with van der Waals surface area (Å²) in [6, 6.07) is 0. The molecule has 0 bridgehead atoms. The standard InChI is InChI=1S/C59H98O12/c1-4-7-10-13-16-19-21-23-25-26-28-30-32-35-38-41-44-47-53(62)70-57-55(64)54(63)56(58(65)66)71-59(57)68-49-50(69-52(61)46-43-40-37-33-18-15-12-9-6-3)48-67-51(60)45-42-39-36-34-31-29-27-24-22-20-17-14-11-8-5-2/h7,10,16-17,19-20,23-25,27-28,30,50,54-57,59,63-64H,4-6,8-9,11-15,18,21-22,26,29,31-49H2,1-3H3,(H,65,66)/b10-7-,19-16-,20-17-,25-23-,27-24-,30-28-. The lowest BCUT2D eigenvalue weighted by atomic mass is 9.98. The molecule has 0 aromatic rings. The van der Waals surface area contributed by atoms with Crippen molar-refractivity contribution >= 4 is 23.9 Å². The summed E-state index contributed by atoms with van der Waals surface area (Å²) in [4.78, 5) is 50.9. The number of aliphatic hydroxyl groups excluding tert-OH is 2. The molecule has 1 heterocycles. The number of esters is 3. The number of carboxylic acids is 1. The Bertz CT molecular complexity index is 1510. The van der Waals surface area contributed by atoms with Crippen LogP contribution in [-0.4, -0.2) is 89.2 Å². The third kappa shape index (κ3) is 37.6. The van der Waals surface area contributed by atoms with Crippen LogP contribution in [0.25, 0.3) is 0 Å². The predicted molar refractivity (Wildman–Crippen MR) is 285 cm³/mol. The second kappa shape index (κ2) is 47.2. The summed E-state index contributed by atoms with van der Waals surface area (Å²) in [5.74, 6) is -3.17. The minimum absolute atomic E-state index is 0.0299.